The van der Waals surface area contributed by atoms with E-state index in [1.54, 1.807) is 13.2 Å². The highest BCUT2D eigenvalue weighted by Crippen LogP contribution is 2.41. The summed E-state index contributed by atoms with van der Waals surface area (Å²) in [5.74, 6) is 0.706. The Balaban J connectivity index is 2.25. The third-order valence-electron chi connectivity index (χ3n) is 3.26. The van der Waals surface area contributed by atoms with Crippen molar-refractivity contribution in [3.05, 3.63) is 22.2 Å². The fraction of sp³-hybridized carbons (Fsp3) is 0.500. The fourth-order valence-electron chi connectivity index (χ4n) is 1.92. The lowest BCUT2D eigenvalue weighted by Crippen LogP contribution is -2.29. The minimum absolute atomic E-state index is 0.201. The maximum atomic E-state index is 9.74. The van der Waals surface area contributed by atoms with Crippen LogP contribution in [0.5, 0.6) is 11.5 Å². The predicted octanol–water partition coefficient (Wildman–Crippen LogP) is 2.46. The third kappa shape index (κ3) is 2.18. The second kappa shape index (κ2) is 4.26. The zero-order valence-corrected chi connectivity index (χ0v) is 11.1. The van der Waals surface area contributed by atoms with E-state index in [1.165, 1.54) is 12.8 Å². The van der Waals surface area contributed by atoms with Crippen molar-refractivity contribution in [3.63, 3.8) is 0 Å². The van der Waals surface area contributed by atoms with Crippen LogP contribution in [0.15, 0.2) is 16.6 Å². The SMILES string of the molecule is CNC1(Cc2cc(O)c(OC)cc2Br)CC1. The normalized spacial score (nSPS) is 17.2. The van der Waals surface area contributed by atoms with E-state index in [9.17, 15) is 5.11 Å². The number of aromatic hydroxyl groups is 1. The zero-order valence-electron chi connectivity index (χ0n) is 9.51. The minimum atomic E-state index is 0.201. The summed E-state index contributed by atoms with van der Waals surface area (Å²) in [6.07, 6.45) is 3.33. The lowest BCUT2D eigenvalue weighted by Gasteiger charge is -2.16. The molecule has 1 aromatic carbocycles. The van der Waals surface area contributed by atoms with Gasteiger partial charge >= 0.3 is 0 Å². The Kier molecular flexibility index (Phi) is 3.13. The summed E-state index contributed by atoms with van der Waals surface area (Å²) >= 11 is 3.51. The van der Waals surface area contributed by atoms with Gasteiger partial charge in [-0.1, -0.05) is 15.9 Å². The summed E-state index contributed by atoms with van der Waals surface area (Å²) in [6, 6.07) is 3.59. The highest BCUT2D eigenvalue weighted by Gasteiger charge is 2.41. The van der Waals surface area contributed by atoms with Gasteiger partial charge in [0.1, 0.15) is 0 Å². The smallest absolute Gasteiger partial charge is 0.161 e. The summed E-state index contributed by atoms with van der Waals surface area (Å²) in [7, 11) is 3.54. The summed E-state index contributed by atoms with van der Waals surface area (Å²) in [5.41, 5.74) is 1.36. The van der Waals surface area contributed by atoms with Gasteiger partial charge in [0.2, 0.25) is 0 Å². The van der Waals surface area contributed by atoms with Crippen molar-refractivity contribution in [2.24, 2.45) is 0 Å². The number of phenolic OH excluding ortho intramolecular Hbond substituents is 1. The first-order chi connectivity index (χ1) is 7.60. The van der Waals surface area contributed by atoms with Crippen molar-refractivity contribution in [1.29, 1.82) is 0 Å². The first-order valence-electron chi connectivity index (χ1n) is 5.34. The van der Waals surface area contributed by atoms with Crippen LogP contribution >= 0.6 is 15.9 Å². The minimum Gasteiger partial charge on any atom is -0.504 e. The first-order valence-corrected chi connectivity index (χ1v) is 6.14. The van der Waals surface area contributed by atoms with Crippen LogP contribution in [0.25, 0.3) is 0 Å². The van der Waals surface area contributed by atoms with E-state index in [4.69, 9.17) is 4.74 Å². The van der Waals surface area contributed by atoms with Crippen molar-refractivity contribution >= 4 is 15.9 Å². The first kappa shape index (κ1) is 11.7. The van der Waals surface area contributed by atoms with Gasteiger partial charge in [-0.2, -0.15) is 0 Å². The van der Waals surface area contributed by atoms with Crippen LogP contribution in [0.1, 0.15) is 18.4 Å². The molecule has 0 bridgehead atoms. The summed E-state index contributed by atoms with van der Waals surface area (Å²) in [6.45, 7) is 0. The molecule has 1 fully saturated rings. The molecule has 1 saturated carbocycles. The second-order valence-corrected chi connectivity index (χ2v) is 5.18. The highest BCUT2D eigenvalue weighted by molar-refractivity contribution is 9.10. The van der Waals surface area contributed by atoms with Crippen LogP contribution in [0, 0.1) is 0 Å². The largest absolute Gasteiger partial charge is 0.504 e. The van der Waals surface area contributed by atoms with E-state index >= 15 is 0 Å². The Morgan fingerprint density at radius 1 is 1.50 bits per heavy atom. The molecule has 2 rings (SSSR count). The average molecular weight is 286 g/mol. The van der Waals surface area contributed by atoms with Crippen LogP contribution in [0.2, 0.25) is 0 Å². The Labute approximate surface area is 104 Å². The molecule has 0 atom stereocenters. The van der Waals surface area contributed by atoms with E-state index in [0.717, 1.165) is 16.5 Å². The Morgan fingerprint density at radius 3 is 2.69 bits per heavy atom. The van der Waals surface area contributed by atoms with E-state index in [1.807, 2.05) is 13.1 Å². The van der Waals surface area contributed by atoms with Gasteiger partial charge in [-0.15, -0.1) is 0 Å². The Bertz CT molecular complexity index is 402. The molecule has 1 aliphatic carbocycles. The molecule has 0 aromatic heterocycles. The molecule has 1 aliphatic rings. The molecule has 0 aliphatic heterocycles. The predicted molar refractivity (Wildman–Crippen MR) is 67.1 cm³/mol. The van der Waals surface area contributed by atoms with Crippen molar-refractivity contribution < 1.29 is 9.84 Å². The topological polar surface area (TPSA) is 41.5 Å². The van der Waals surface area contributed by atoms with E-state index in [0.29, 0.717) is 5.75 Å². The highest BCUT2D eigenvalue weighted by atomic mass is 79.9. The summed E-state index contributed by atoms with van der Waals surface area (Å²) in [4.78, 5) is 0. The molecule has 2 N–H and O–H groups in total. The Morgan fingerprint density at radius 2 is 2.19 bits per heavy atom. The zero-order chi connectivity index (χ0) is 11.8. The molecular weight excluding hydrogens is 270 g/mol. The van der Waals surface area contributed by atoms with E-state index in [-0.39, 0.29) is 11.3 Å². The van der Waals surface area contributed by atoms with Crippen molar-refractivity contribution in [1.82, 2.24) is 5.32 Å². The number of rotatable bonds is 4. The summed E-state index contributed by atoms with van der Waals surface area (Å²) in [5, 5.41) is 13.1. The number of nitrogens with one attached hydrogen (secondary N) is 1. The molecular formula is C12H16BrNO2. The molecule has 16 heavy (non-hydrogen) atoms. The van der Waals surface area contributed by atoms with Crippen LogP contribution in [-0.4, -0.2) is 24.8 Å². The maximum absolute atomic E-state index is 9.74. The molecule has 0 saturated heterocycles. The van der Waals surface area contributed by atoms with Crippen molar-refractivity contribution in [3.8, 4) is 11.5 Å². The van der Waals surface area contributed by atoms with E-state index < -0.39 is 0 Å². The van der Waals surface area contributed by atoms with Crippen LogP contribution in [-0.2, 0) is 6.42 Å². The quantitative estimate of drug-likeness (QED) is 0.893. The van der Waals surface area contributed by atoms with Gasteiger partial charge in [-0.25, -0.2) is 0 Å². The van der Waals surface area contributed by atoms with Gasteiger partial charge in [0.15, 0.2) is 11.5 Å². The van der Waals surface area contributed by atoms with E-state index in [2.05, 4.69) is 21.2 Å². The fourth-order valence-corrected chi connectivity index (χ4v) is 2.38. The number of hydrogen-bond donors (Lipinski definition) is 2. The molecule has 0 radical (unpaired) electrons. The van der Waals surface area contributed by atoms with Crippen LogP contribution < -0.4 is 10.1 Å². The van der Waals surface area contributed by atoms with Gasteiger partial charge in [-0.05, 0) is 44.0 Å². The molecule has 4 heteroatoms. The lowest BCUT2D eigenvalue weighted by molar-refractivity contribution is 0.372. The number of halogens is 1. The number of phenols is 1. The summed E-state index contributed by atoms with van der Waals surface area (Å²) < 4.78 is 6.05. The third-order valence-corrected chi connectivity index (χ3v) is 4.00. The number of hydrogen-bond acceptors (Lipinski definition) is 3. The van der Waals surface area contributed by atoms with Crippen LogP contribution in [0.4, 0.5) is 0 Å². The molecule has 0 unspecified atom stereocenters. The van der Waals surface area contributed by atoms with Gasteiger partial charge in [0.25, 0.3) is 0 Å². The van der Waals surface area contributed by atoms with Gasteiger partial charge in [-0.3, -0.25) is 0 Å². The number of benzene rings is 1. The molecule has 88 valence electrons. The molecule has 0 amide bonds. The Hall–Kier alpha value is -0.740. The van der Waals surface area contributed by atoms with Gasteiger partial charge in [0, 0.05) is 10.0 Å². The molecule has 0 heterocycles. The molecule has 3 nitrogen and oxygen atoms in total. The van der Waals surface area contributed by atoms with Crippen molar-refractivity contribution in [2.75, 3.05) is 14.2 Å². The number of ether oxygens (including phenoxy) is 1. The van der Waals surface area contributed by atoms with Crippen LogP contribution in [0.3, 0.4) is 0 Å². The monoisotopic (exact) mass is 285 g/mol. The van der Waals surface area contributed by atoms with Crippen molar-refractivity contribution in [2.45, 2.75) is 24.8 Å². The standard InChI is InChI=1S/C12H16BrNO2/c1-14-12(3-4-12)7-8-5-10(15)11(16-2)6-9(8)13/h5-6,14-15H,3-4,7H2,1-2H3. The number of methoxy groups -OCH3 is 1. The lowest BCUT2D eigenvalue weighted by atomic mass is 10.0. The second-order valence-electron chi connectivity index (χ2n) is 4.32. The maximum Gasteiger partial charge on any atom is 0.161 e. The van der Waals surface area contributed by atoms with Gasteiger partial charge < -0.3 is 15.2 Å². The molecule has 0 spiro atoms. The average Bonchev–Trinajstić information content (AvgIpc) is 3.03. The molecule has 1 aromatic rings. The number of likely N-dealkylation sites (N-methyl/N-ethyl adjacent to an activating group) is 1. The van der Waals surface area contributed by atoms with Gasteiger partial charge in [0.05, 0.1) is 7.11 Å².